The summed E-state index contributed by atoms with van der Waals surface area (Å²) in [5.74, 6) is 0.903. The lowest BCUT2D eigenvalue weighted by molar-refractivity contribution is 0.0902. The number of rotatable bonds is 7. The molecule has 1 aliphatic carbocycles. The zero-order valence-corrected chi connectivity index (χ0v) is 12.8. The molecule has 0 unspecified atom stereocenters. The van der Waals surface area contributed by atoms with Crippen molar-refractivity contribution < 1.29 is 0 Å². The topological polar surface area (TPSA) is 50.4 Å². The molecule has 110 valence electrons. The van der Waals surface area contributed by atoms with Gasteiger partial charge in [-0.05, 0) is 61.4 Å². The van der Waals surface area contributed by atoms with E-state index in [0.717, 1.165) is 30.3 Å². The third kappa shape index (κ3) is 3.83. The van der Waals surface area contributed by atoms with Gasteiger partial charge in [0.25, 0.3) is 0 Å². The predicted molar refractivity (Wildman–Crippen MR) is 88.0 cm³/mol. The van der Waals surface area contributed by atoms with Gasteiger partial charge in [0.05, 0.1) is 11.4 Å². The third-order valence-corrected chi connectivity index (χ3v) is 4.22. The molecule has 3 nitrogen and oxygen atoms in total. The van der Waals surface area contributed by atoms with E-state index in [-0.39, 0.29) is 0 Å². The fraction of sp³-hybridized carbons (Fsp3) is 0.588. The van der Waals surface area contributed by atoms with Gasteiger partial charge in [-0.1, -0.05) is 19.9 Å². The largest absolute Gasteiger partial charge is 0.382 e. The molecular formula is C17H27N3. The summed E-state index contributed by atoms with van der Waals surface area (Å²) in [5, 5.41) is 3.28. The van der Waals surface area contributed by atoms with Crippen molar-refractivity contribution in [3.63, 3.8) is 0 Å². The molecule has 2 rings (SSSR count). The molecule has 3 N–H and O–H groups in total. The molecule has 0 heterocycles. The Bertz CT molecular complexity index is 457. The minimum absolute atomic E-state index is 0.578. The molecule has 0 saturated heterocycles. The van der Waals surface area contributed by atoms with Crippen molar-refractivity contribution in [3.8, 4) is 0 Å². The SMILES string of the molecule is C=Nc1cc(CCC2CC(C)(C)C2)ccc1NCCN. The summed E-state index contributed by atoms with van der Waals surface area (Å²) in [5.41, 5.74) is 9.41. The van der Waals surface area contributed by atoms with Gasteiger partial charge in [-0.2, -0.15) is 0 Å². The highest BCUT2D eigenvalue weighted by molar-refractivity contribution is 5.68. The first-order chi connectivity index (χ1) is 9.54. The second-order valence-electron chi connectivity index (χ2n) is 6.70. The highest BCUT2D eigenvalue weighted by Gasteiger charge is 2.35. The highest BCUT2D eigenvalue weighted by Crippen LogP contribution is 2.46. The smallest absolute Gasteiger partial charge is 0.0856 e. The van der Waals surface area contributed by atoms with Gasteiger partial charge in [0.15, 0.2) is 0 Å². The first kappa shape index (κ1) is 15.0. The van der Waals surface area contributed by atoms with E-state index >= 15 is 0 Å². The predicted octanol–water partition coefficient (Wildman–Crippen LogP) is 3.76. The average molecular weight is 273 g/mol. The van der Waals surface area contributed by atoms with Crippen LogP contribution in [0.3, 0.4) is 0 Å². The number of aliphatic imine (C=N–C) groups is 1. The molecule has 1 aromatic rings. The number of nitrogens with two attached hydrogens (primary N) is 1. The van der Waals surface area contributed by atoms with Crippen molar-refractivity contribution in [3.05, 3.63) is 23.8 Å². The minimum atomic E-state index is 0.578. The van der Waals surface area contributed by atoms with Gasteiger partial charge in [0.2, 0.25) is 0 Å². The van der Waals surface area contributed by atoms with Crippen molar-refractivity contribution >= 4 is 18.1 Å². The molecule has 0 bridgehead atoms. The van der Waals surface area contributed by atoms with Gasteiger partial charge in [-0.15, -0.1) is 0 Å². The first-order valence-corrected chi connectivity index (χ1v) is 7.58. The van der Waals surface area contributed by atoms with Gasteiger partial charge < -0.3 is 11.1 Å². The maximum absolute atomic E-state index is 5.51. The van der Waals surface area contributed by atoms with Gasteiger partial charge in [-0.25, -0.2) is 0 Å². The van der Waals surface area contributed by atoms with Gasteiger partial charge in [0.1, 0.15) is 0 Å². The standard InChI is InChI=1S/C17H27N3/c1-17(2)11-14(12-17)5-4-13-6-7-15(20-9-8-18)16(10-13)19-3/h6-7,10,14,20H,3-5,8-9,11-12,18H2,1-2H3. The van der Waals surface area contributed by atoms with E-state index in [4.69, 9.17) is 5.73 Å². The van der Waals surface area contributed by atoms with E-state index in [1.165, 1.54) is 24.8 Å². The second kappa shape index (κ2) is 6.40. The molecule has 0 amide bonds. The fourth-order valence-electron chi connectivity index (χ4n) is 3.30. The van der Waals surface area contributed by atoms with Gasteiger partial charge in [0, 0.05) is 13.1 Å². The van der Waals surface area contributed by atoms with Gasteiger partial charge in [-0.3, -0.25) is 4.99 Å². The van der Waals surface area contributed by atoms with Crippen LogP contribution in [0.4, 0.5) is 11.4 Å². The first-order valence-electron chi connectivity index (χ1n) is 7.58. The minimum Gasteiger partial charge on any atom is -0.382 e. The lowest BCUT2D eigenvalue weighted by Crippen LogP contribution is -2.31. The molecule has 1 saturated carbocycles. The number of nitrogens with zero attached hydrogens (tertiary/aromatic N) is 1. The monoisotopic (exact) mass is 273 g/mol. The number of anilines is 1. The van der Waals surface area contributed by atoms with Crippen molar-refractivity contribution in [2.24, 2.45) is 22.1 Å². The molecule has 0 atom stereocenters. The molecule has 0 aromatic heterocycles. The van der Waals surface area contributed by atoms with Crippen LogP contribution in [0.5, 0.6) is 0 Å². The van der Waals surface area contributed by atoms with E-state index in [0.29, 0.717) is 12.0 Å². The average Bonchev–Trinajstić information content (AvgIpc) is 2.40. The Balaban J connectivity index is 1.90. The Morgan fingerprint density at radius 2 is 2.15 bits per heavy atom. The normalized spacial score (nSPS) is 17.6. The van der Waals surface area contributed by atoms with Crippen molar-refractivity contribution in [2.45, 2.75) is 39.5 Å². The molecule has 0 aliphatic heterocycles. The van der Waals surface area contributed by atoms with Crippen LogP contribution in [0.2, 0.25) is 0 Å². The number of hydrogen-bond donors (Lipinski definition) is 2. The zero-order chi connectivity index (χ0) is 14.6. The van der Waals surface area contributed by atoms with E-state index in [1.807, 2.05) is 0 Å². The number of hydrogen-bond acceptors (Lipinski definition) is 3. The summed E-state index contributed by atoms with van der Waals surface area (Å²) in [6.45, 7) is 9.77. The zero-order valence-electron chi connectivity index (χ0n) is 12.8. The van der Waals surface area contributed by atoms with Crippen LogP contribution in [0, 0.1) is 11.3 Å². The molecule has 20 heavy (non-hydrogen) atoms. The third-order valence-electron chi connectivity index (χ3n) is 4.22. The van der Waals surface area contributed by atoms with E-state index < -0.39 is 0 Å². The maximum atomic E-state index is 5.51. The summed E-state index contributed by atoms with van der Waals surface area (Å²) in [6.07, 6.45) is 5.17. The molecular weight excluding hydrogens is 246 g/mol. The Kier molecular flexibility index (Phi) is 4.81. The molecule has 1 fully saturated rings. The van der Waals surface area contributed by atoms with Crippen LogP contribution in [0.25, 0.3) is 0 Å². The second-order valence-corrected chi connectivity index (χ2v) is 6.70. The summed E-state index contributed by atoms with van der Waals surface area (Å²) in [4.78, 5) is 4.12. The van der Waals surface area contributed by atoms with Gasteiger partial charge >= 0.3 is 0 Å². The van der Waals surface area contributed by atoms with Crippen LogP contribution in [0.15, 0.2) is 23.2 Å². The molecule has 1 aliphatic rings. The van der Waals surface area contributed by atoms with Crippen LogP contribution in [-0.2, 0) is 6.42 Å². The Morgan fingerprint density at radius 3 is 2.75 bits per heavy atom. The van der Waals surface area contributed by atoms with E-state index in [1.54, 1.807) is 0 Å². The summed E-state index contributed by atoms with van der Waals surface area (Å²) in [7, 11) is 0. The van der Waals surface area contributed by atoms with E-state index in [9.17, 15) is 0 Å². The Hall–Kier alpha value is -1.35. The Morgan fingerprint density at radius 1 is 1.40 bits per heavy atom. The quantitative estimate of drug-likeness (QED) is 0.743. The van der Waals surface area contributed by atoms with E-state index in [2.05, 4.69) is 49.1 Å². The van der Waals surface area contributed by atoms with Crippen LogP contribution in [0.1, 0.15) is 38.7 Å². The lowest BCUT2D eigenvalue weighted by Gasteiger charge is -2.42. The number of nitrogens with one attached hydrogen (secondary N) is 1. The summed E-state index contributed by atoms with van der Waals surface area (Å²) in [6, 6.07) is 6.44. The lowest BCUT2D eigenvalue weighted by atomic mass is 9.63. The van der Waals surface area contributed by atoms with Crippen LogP contribution in [-0.4, -0.2) is 19.8 Å². The Labute approximate surface area is 122 Å². The van der Waals surface area contributed by atoms with Crippen LogP contribution < -0.4 is 11.1 Å². The molecule has 0 radical (unpaired) electrons. The van der Waals surface area contributed by atoms with Crippen molar-refractivity contribution in [2.75, 3.05) is 18.4 Å². The molecule has 1 aromatic carbocycles. The van der Waals surface area contributed by atoms with Crippen molar-refractivity contribution in [1.82, 2.24) is 0 Å². The van der Waals surface area contributed by atoms with Crippen LogP contribution >= 0.6 is 0 Å². The summed E-state index contributed by atoms with van der Waals surface area (Å²) < 4.78 is 0. The highest BCUT2D eigenvalue weighted by atomic mass is 14.9. The maximum Gasteiger partial charge on any atom is 0.0856 e. The molecule has 3 heteroatoms. The number of benzene rings is 1. The summed E-state index contributed by atoms with van der Waals surface area (Å²) >= 11 is 0. The van der Waals surface area contributed by atoms with Crippen molar-refractivity contribution in [1.29, 1.82) is 0 Å². The fourth-order valence-corrected chi connectivity index (χ4v) is 3.30. The molecule has 0 spiro atoms. The number of aryl methyl sites for hydroxylation is 1.